The van der Waals surface area contributed by atoms with Crippen LogP contribution in [-0.2, 0) is 30.7 Å². The van der Waals surface area contributed by atoms with Crippen LogP contribution in [0.5, 0.6) is 5.75 Å². The molecule has 15 heteroatoms. The van der Waals surface area contributed by atoms with Gasteiger partial charge in [-0.05, 0) is 52.7 Å². The van der Waals surface area contributed by atoms with Crippen LogP contribution in [0.3, 0.4) is 0 Å². The van der Waals surface area contributed by atoms with Gasteiger partial charge in [-0.1, -0.05) is 13.0 Å². The summed E-state index contributed by atoms with van der Waals surface area (Å²) in [6.07, 6.45) is -1.55. The number of anilines is 1. The lowest BCUT2D eigenvalue weighted by Gasteiger charge is -2.37. The van der Waals surface area contributed by atoms with Crippen molar-refractivity contribution in [2.24, 2.45) is 5.41 Å². The Balaban J connectivity index is 1.29. The van der Waals surface area contributed by atoms with E-state index in [1.807, 2.05) is 6.92 Å². The van der Waals surface area contributed by atoms with E-state index in [4.69, 9.17) is 9.47 Å². The minimum Gasteiger partial charge on any atom is -0.493 e. The number of nitrogens with zero attached hydrogens (tertiary/aromatic N) is 4. The molecule has 12 nitrogen and oxygen atoms in total. The number of alkyl halides is 1. The molecule has 2 aromatic heterocycles. The Labute approximate surface area is 262 Å². The van der Waals surface area contributed by atoms with Crippen LogP contribution in [0.15, 0.2) is 34.9 Å². The quantitative estimate of drug-likeness (QED) is 0.236. The third-order valence-electron chi connectivity index (χ3n) is 7.65. The number of carbonyl (C=O) groups is 3. The number of fused-ring (bicyclic) bond motifs is 1. The second-order valence-corrected chi connectivity index (χ2v) is 14.7. The monoisotopic (exact) mass is 693 g/mol. The summed E-state index contributed by atoms with van der Waals surface area (Å²) in [5.74, 6) is -0.961. The minimum absolute atomic E-state index is 0.0148. The molecule has 1 aromatic carbocycles. The van der Waals surface area contributed by atoms with E-state index < -0.39 is 33.9 Å². The first-order valence-electron chi connectivity index (χ1n) is 14.0. The number of ether oxygens (including phenoxy) is 2. The van der Waals surface area contributed by atoms with Crippen LogP contribution in [0.25, 0.3) is 10.9 Å². The van der Waals surface area contributed by atoms with Gasteiger partial charge < -0.3 is 19.7 Å². The van der Waals surface area contributed by atoms with E-state index in [-0.39, 0.29) is 54.5 Å². The number of likely N-dealkylation sites (tertiary alicyclic amines) is 1. The van der Waals surface area contributed by atoms with Gasteiger partial charge in [0, 0.05) is 24.1 Å². The van der Waals surface area contributed by atoms with Gasteiger partial charge in [-0.25, -0.2) is 17.8 Å². The normalized spacial score (nSPS) is 19.5. The minimum atomic E-state index is -3.37. The Morgan fingerprint density at radius 2 is 1.98 bits per heavy atom. The third-order valence-corrected chi connectivity index (χ3v) is 10.0. The van der Waals surface area contributed by atoms with Crippen molar-refractivity contribution in [3.63, 3.8) is 0 Å². The molecule has 0 saturated carbocycles. The molecule has 236 valence electrons. The van der Waals surface area contributed by atoms with Gasteiger partial charge in [-0.15, -0.1) is 0 Å². The number of pyridine rings is 1. The molecule has 0 bridgehead atoms. The van der Waals surface area contributed by atoms with Crippen molar-refractivity contribution in [3.05, 3.63) is 46.2 Å². The van der Waals surface area contributed by atoms with Crippen LogP contribution in [-0.4, -0.2) is 95.8 Å². The number of ketones is 1. The maximum absolute atomic E-state index is 14.5. The fourth-order valence-electron chi connectivity index (χ4n) is 5.41. The molecule has 2 aliphatic rings. The van der Waals surface area contributed by atoms with Crippen LogP contribution >= 0.6 is 15.9 Å². The number of halogens is 2. The summed E-state index contributed by atoms with van der Waals surface area (Å²) >= 11 is 3.27. The molecule has 2 amide bonds. The highest BCUT2D eigenvalue weighted by Crippen LogP contribution is 2.29. The first-order valence-corrected chi connectivity index (χ1v) is 16.6. The molecule has 1 N–H and O–H groups in total. The topological polar surface area (TPSA) is 150 Å². The van der Waals surface area contributed by atoms with Crippen LogP contribution in [0.1, 0.15) is 36.3 Å². The molecule has 2 saturated heterocycles. The number of sulfone groups is 1. The van der Waals surface area contributed by atoms with Crippen LogP contribution in [0.2, 0.25) is 0 Å². The van der Waals surface area contributed by atoms with E-state index in [0.717, 1.165) is 0 Å². The molecule has 0 radical (unpaired) electrons. The van der Waals surface area contributed by atoms with Gasteiger partial charge in [0.05, 0.1) is 36.8 Å². The summed E-state index contributed by atoms with van der Waals surface area (Å²) in [6.45, 7) is 5.12. The van der Waals surface area contributed by atoms with Crippen molar-refractivity contribution >= 4 is 60.1 Å². The molecule has 3 aromatic rings. The number of aromatic nitrogens is 3. The van der Waals surface area contributed by atoms with E-state index in [9.17, 15) is 27.2 Å². The van der Waals surface area contributed by atoms with Crippen molar-refractivity contribution in [2.45, 2.75) is 46.0 Å². The van der Waals surface area contributed by atoms with Gasteiger partial charge >= 0.3 is 0 Å². The maximum atomic E-state index is 14.5. The standard InChI is InChI=1S/C29H33BrFN5O7S/c1-17-4-7-24(30)32-27(17)33-28(39)23-10-19(31)12-35(23)25(38)13-36-22-6-5-20(11-21(22)26(34-36)18(2)37)43-8-9-44(40,41)16-29(3)14-42-15-29/h4-7,11,19,23H,8-10,12-16H2,1-3H3,(H,32,33,39)/t19-,23+/m1/s1. The lowest BCUT2D eigenvalue weighted by Crippen LogP contribution is -2.45. The number of rotatable bonds is 11. The highest BCUT2D eigenvalue weighted by atomic mass is 79.9. The average molecular weight is 695 g/mol. The molecule has 4 heterocycles. The molecule has 0 spiro atoms. The molecule has 2 atom stereocenters. The number of amides is 2. The van der Waals surface area contributed by atoms with E-state index in [1.165, 1.54) is 16.5 Å². The molecule has 2 aliphatic heterocycles. The van der Waals surface area contributed by atoms with Crippen LogP contribution in [0.4, 0.5) is 10.2 Å². The first-order chi connectivity index (χ1) is 20.7. The summed E-state index contributed by atoms with van der Waals surface area (Å²) in [4.78, 5) is 44.4. The van der Waals surface area contributed by atoms with Gasteiger partial charge in [-0.2, -0.15) is 5.10 Å². The summed E-state index contributed by atoms with van der Waals surface area (Å²) in [5, 5.41) is 7.45. The van der Waals surface area contributed by atoms with Crippen molar-refractivity contribution in [3.8, 4) is 5.75 Å². The van der Waals surface area contributed by atoms with Crippen molar-refractivity contribution in [2.75, 3.05) is 43.2 Å². The zero-order chi connectivity index (χ0) is 31.8. The molecule has 44 heavy (non-hydrogen) atoms. The fourth-order valence-corrected chi connectivity index (χ4v) is 7.43. The molecular weight excluding hydrogens is 661 g/mol. The number of hydrogen-bond acceptors (Lipinski definition) is 9. The fraction of sp³-hybridized carbons (Fsp3) is 0.483. The zero-order valence-corrected chi connectivity index (χ0v) is 26.9. The third kappa shape index (κ3) is 7.10. The lowest BCUT2D eigenvalue weighted by molar-refractivity contribution is -0.137. The number of aryl methyl sites for hydroxylation is 1. The smallest absolute Gasteiger partial charge is 0.248 e. The number of benzene rings is 1. The van der Waals surface area contributed by atoms with Gasteiger partial charge in [0.1, 0.15) is 47.2 Å². The van der Waals surface area contributed by atoms with Crippen molar-refractivity contribution in [1.82, 2.24) is 19.7 Å². The molecule has 0 aliphatic carbocycles. The average Bonchev–Trinajstić information content (AvgIpc) is 3.50. The number of hydrogen-bond donors (Lipinski definition) is 1. The number of carbonyl (C=O) groups excluding carboxylic acids is 3. The van der Waals surface area contributed by atoms with E-state index >= 15 is 0 Å². The highest BCUT2D eigenvalue weighted by Gasteiger charge is 2.40. The Morgan fingerprint density at radius 3 is 2.66 bits per heavy atom. The van der Waals surface area contributed by atoms with E-state index in [0.29, 0.717) is 45.9 Å². The molecule has 0 unspecified atom stereocenters. The predicted molar refractivity (Wildman–Crippen MR) is 163 cm³/mol. The Hall–Kier alpha value is -3.43. The highest BCUT2D eigenvalue weighted by molar-refractivity contribution is 9.10. The molecule has 2 fully saturated rings. The van der Waals surface area contributed by atoms with Gasteiger partial charge in [0.25, 0.3) is 0 Å². The lowest BCUT2D eigenvalue weighted by atomic mass is 9.92. The molecular formula is C29H33BrFN5O7S. The zero-order valence-electron chi connectivity index (χ0n) is 24.5. The van der Waals surface area contributed by atoms with Crippen LogP contribution < -0.4 is 10.1 Å². The van der Waals surface area contributed by atoms with Gasteiger partial charge in [0.15, 0.2) is 15.6 Å². The SMILES string of the molecule is CC(=O)c1nn(CC(=O)N2C[C@H](F)C[C@H]2C(=O)Nc2nc(Br)ccc2C)c2ccc(OCCS(=O)(=O)CC3(C)COC3)cc12. The molecule has 5 rings (SSSR count). The van der Waals surface area contributed by atoms with Gasteiger partial charge in [0.2, 0.25) is 11.8 Å². The largest absolute Gasteiger partial charge is 0.493 e. The second-order valence-electron chi connectivity index (χ2n) is 11.7. The Morgan fingerprint density at radius 1 is 1.23 bits per heavy atom. The van der Waals surface area contributed by atoms with Crippen molar-refractivity contribution < 1.29 is 36.7 Å². The first kappa shape index (κ1) is 32.0. The Bertz CT molecular complexity index is 1730. The van der Waals surface area contributed by atoms with E-state index in [1.54, 1.807) is 37.3 Å². The summed E-state index contributed by atoms with van der Waals surface area (Å²) < 4.78 is 52.3. The van der Waals surface area contributed by atoms with Crippen molar-refractivity contribution in [1.29, 1.82) is 0 Å². The Kier molecular flexibility index (Phi) is 9.10. The van der Waals surface area contributed by atoms with E-state index in [2.05, 4.69) is 31.3 Å². The number of Topliss-reactive ketones (excluding diaryl/α,β-unsaturated/α-hetero) is 1. The number of nitrogens with one attached hydrogen (secondary N) is 1. The second kappa shape index (κ2) is 12.5. The summed E-state index contributed by atoms with van der Waals surface area (Å²) in [6, 6.07) is 7.23. The predicted octanol–water partition coefficient (Wildman–Crippen LogP) is 3.11. The maximum Gasteiger partial charge on any atom is 0.248 e. The van der Waals surface area contributed by atoms with Gasteiger partial charge in [-0.3, -0.25) is 19.1 Å². The summed E-state index contributed by atoms with van der Waals surface area (Å²) in [5.41, 5.74) is 0.878. The summed E-state index contributed by atoms with van der Waals surface area (Å²) in [7, 11) is -3.37. The van der Waals surface area contributed by atoms with Crippen LogP contribution in [0, 0.1) is 12.3 Å².